The Morgan fingerprint density at radius 1 is 1.03 bits per heavy atom. The van der Waals surface area contributed by atoms with Crippen molar-refractivity contribution in [2.24, 2.45) is 0 Å². The van der Waals surface area contributed by atoms with Gasteiger partial charge in [-0.25, -0.2) is 9.78 Å². The first kappa shape index (κ1) is 19.2. The highest BCUT2D eigenvalue weighted by molar-refractivity contribution is 6.04. The Hall–Kier alpha value is -4.08. The van der Waals surface area contributed by atoms with Gasteiger partial charge in [0, 0.05) is 29.6 Å². The summed E-state index contributed by atoms with van der Waals surface area (Å²) in [6.45, 7) is 0. The van der Waals surface area contributed by atoms with E-state index in [0.29, 0.717) is 28.4 Å². The molecule has 0 unspecified atom stereocenters. The van der Waals surface area contributed by atoms with E-state index in [1.807, 2.05) is 0 Å². The van der Waals surface area contributed by atoms with E-state index in [2.05, 4.69) is 20.3 Å². The number of amides is 1. The van der Waals surface area contributed by atoms with E-state index in [-0.39, 0.29) is 5.56 Å². The van der Waals surface area contributed by atoms with Gasteiger partial charge in [-0.2, -0.15) is 13.2 Å². The fourth-order valence-corrected chi connectivity index (χ4v) is 2.78. The fourth-order valence-electron chi connectivity index (χ4n) is 2.78. The first-order valence-corrected chi connectivity index (χ1v) is 8.63. The van der Waals surface area contributed by atoms with Crippen LogP contribution in [0.15, 0.2) is 65.6 Å². The topological polar surface area (TPSA) is 99.9 Å². The van der Waals surface area contributed by atoms with Crippen LogP contribution in [0, 0.1) is 0 Å². The Morgan fingerprint density at radius 3 is 2.53 bits per heavy atom. The van der Waals surface area contributed by atoms with E-state index in [1.54, 1.807) is 30.3 Å². The Bertz CT molecular complexity index is 1280. The monoisotopic (exact) mass is 414 g/mol. The maximum absolute atomic E-state index is 12.6. The fraction of sp³-hybridized carbons (Fsp3) is 0.0500. The number of aromatic amines is 2. The first-order valence-electron chi connectivity index (χ1n) is 8.63. The summed E-state index contributed by atoms with van der Waals surface area (Å²) in [6.07, 6.45) is -3.00. The number of pyridine rings is 1. The standard InChI is InChI=1S/C20H13F3N4O3/c21-20(22,23)12-6-4-11(5-7-12)18(28)25-13-2-1-3-14(10-13)30-15-8-9-24-17-16(15)26-19(29)27-17/h1-10H,(H,25,28)(H2,24,26,27,29). The number of benzene rings is 2. The summed E-state index contributed by atoms with van der Waals surface area (Å²) >= 11 is 0. The van der Waals surface area contributed by atoms with Crippen LogP contribution in [0.5, 0.6) is 11.5 Å². The number of ether oxygens (including phenoxy) is 1. The molecule has 1 amide bonds. The molecule has 30 heavy (non-hydrogen) atoms. The zero-order valence-electron chi connectivity index (χ0n) is 15.1. The van der Waals surface area contributed by atoms with Gasteiger partial charge in [-0.1, -0.05) is 6.07 Å². The summed E-state index contributed by atoms with van der Waals surface area (Å²) in [5.74, 6) is 0.154. The van der Waals surface area contributed by atoms with Gasteiger partial charge < -0.3 is 15.0 Å². The molecule has 2 heterocycles. The number of nitrogens with one attached hydrogen (secondary N) is 3. The van der Waals surface area contributed by atoms with Crippen molar-refractivity contribution in [3.05, 3.63) is 82.4 Å². The molecule has 0 spiro atoms. The number of hydrogen-bond acceptors (Lipinski definition) is 4. The molecule has 2 aromatic carbocycles. The molecule has 0 bridgehead atoms. The summed E-state index contributed by atoms with van der Waals surface area (Å²) in [6, 6.07) is 11.9. The summed E-state index contributed by atoms with van der Waals surface area (Å²) in [4.78, 5) is 32.9. The average molecular weight is 414 g/mol. The Labute approximate surface area is 166 Å². The molecule has 2 aromatic heterocycles. The van der Waals surface area contributed by atoms with E-state index in [4.69, 9.17) is 4.74 Å². The molecule has 0 aliphatic carbocycles. The molecule has 0 saturated carbocycles. The van der Waals surface area contributed by atoms with E-state index in [1.165, 1.54) is 6.20 Å². The van der Waals surface area contributed by atoms with Crippen molar-refractivity contribution in [2.75, 3.05) is 5.32 Å². The van der Waals surface area contributed by atoms with Gasteiger partial charge in [0.2, 0.25) is 0 Å². The van der Waals surface area contributed by atoms with Crippen LogP contribution in [0.3, 0.4) is 0 Å². The van der Waals surface area contributed by atoms with Gasteiger partial charge in [0.1, 0.15) is 11.3 Å². The zero-order valence-corrected chi connectivity index (χ0v) is 15.1. The Balaban J connectivity index is 1.52. The number of H-pyrrole nitrogens is 2. The number of carbonyl (C=O) groups is 1. The van der Waals surface area contributed by atoms with Crippen molar-refractivity contribution in [2.45, 2.75) is 6.18 Å². The van der Waals surface area contributed by atoms with Crippen molar-refractivity contribution < 1.29 is 22.7 Å². The van der Waals surface area contributed by atoms with Crippen LogP contribution in [0.2, 0.25) is 0 Å². The largest absolute Gasteiger partial charge is 0.455 e. The van der Waals surface area contributed by atoms with Gasteiger partial charge in [-0.15, -0.1) is 0 Å². The van der Waals surface area contributed by atoms with Gasteiger partial charge in [0.15, 0.2) is 11.4 Å². The maximum Gasteiger partial charge on any atom is 0.416 e. The molecular weight excluding hydrogens is 401 g/mol. The minimum absolute atomic E-state index is 0.0788. The highest BCUT2D eigenvalue weighted by Crippen LogP contribution is 2.30. The number of halogens is 3. The lowest BCUT2D eigenvalue weighted by Gasteiger charge is -2.10. The number of fused-ring (bicyclic) bond motifs is 1. The highest BCUT2D eigenvalue weighted by atomic mass is 19.4. The molecule has 3 N–H and O–H groups in total. The average Bonchev–Trinajstić information content (AvgIpc) is 3.09. The Morgan fingerprint density at radius 2 is 1.80 bits per heavy atom. The minimum atomic E-state index is -4.47. The second kappa shape index (κ2) is 7.39. The summed E-state index contributed by atoms with van der Waals surface area (Å²) in [5, 5.41) is 2.61. The Kier molecular flexibility index (Phi) is 4.74. The number of alkyl halides is 3. The zero-order chi connectivity index (χ0) is 21.3. The highest BCUT2D eigenvalue weighted by Gasteiger charge is 2.30. The van der Waals surface area contributed by atoms with Crippen LogP contribution in [0.1, 0.15) is 15.9 Å². The number of carbonyl (C=O) groups excluding carboxylic acids is 1. The van der Waals surface area contributed by atoms with Gasteiger partial charge in [0.05, 0.1) is 5.56 Å². The lowest BCUT2D eigenvalue weighted by atomic mass is 10.1. The maximum atomic E-state index is 12.6. The minimum Gasteiger partial charge on any atom is -0.455 e. The number of hydrogen-bond donors (Lipinski definition) is 3. The summed E-state index contributed by atoms with van der Waals surface area (Å²) in [5.41, 5.74) is -0.0710. The summed E-state index contributed by atoms with van der Waals surface area (Å²) < 4.78 is 43.7. The number of imidazole rings is 1. The molecule has 0 saturated heterocycles. The molecule has 4 rings (SSSR count). The van der Waals surface area contributed by atoms with Gasteiger partial charge in [-0.05, 0) is 36.4 Å². The first-order chi connectivity index (χ1) is 14.3. The molecule has 4 aromatic rings. The van der Waals surface area contributed by atoms with Crippen molar-refractivity contribution in [1.29, 1.82) is 0 Å². The van der Waals surface area contributed by atoms with Gasteiger partial charge >= 0.3 is 11.9 Å². The third-order valence-electron chi connectivity index (χ3n) is 4.18. The lowest BCUT2D eigenvalue weighted by Crippen LogP contribution is -2.12. The second-order valence-corrected chi connectivity index (χ2v) is 6.27. The van der Waals surface area contributed by atoms with Crippen molar-refractivity contribution >= 4 is 22.8 Å². The quantitative estimate of drug-likeness (QED) is 0.463. The molecule has 0 atom stereocenters. The smallest absolute Gasteiger partial charge is 0.416 e. The van der Waals surface area contributed by atoms with Crippen LogP contribution < -0.4 is 15.7 Å². The third kappa shape index (κ3) is 4.02. The lowest BCUT2D eigenvalue weighted by molar-refractivity contribution is -0.137. The predicted octanol–water partition coefficient (Wildman–Crippen LogP) is 4.31. The van der Waals surface area contributed by atoms with Crippen LogP contribution >= 0.6 is 0 Å². The van der Waals surface area contributed by atoms with Gasteiger partial charge in [0.25, 0.3) is 5.91 Å². The number of anilines is 1. The molecule has 10 heteroatoms. The normalized spacial score (nSPS) is 11.4. The van der Waals surface area contributed by atoms with E-state index < -0.39 is 23.3 Å². The van der Waals surface area contributed by atoms with E-state index in [9.17, 15) is 22.8 Å². The number of nitrogens with zero attached hydrogens (tertiary/aromatic N) is 1. The molecule has 7 nitrogen and oxygen atoms in total. The molecular formula is C20H13F3N4O3. The molecule has 0 radical (unpaired) electrons. The number of rotatable bonds is 4. The molecule has 0 aliphatic rings. The third-order valence-corrected chi connectivity index (χ3v) is 4.18. The number of aromatic nitrogens is 3. The summed E-state index contributed by atoms with van der Waals surface area (Å²) in [7, 11) is 0. The van der Waals surface area contributed by atoms with Gasteiger partial charge in [-0.3, -0.25) is 9.78 Å². The van der Waals surface area contributed by atoms with Crippen molar-refractivity contribution in [1.82, 2.24) is 15.0 Å². The molecule has 0 fully saturated rings. The van der Waals surface area contributed by atoms with E-state index in [0.717, 1.165) is 24.3 Å². The van der Waals surface area contributed by atoms with Crippen LogP contribution in [0.4, 0.5) is 18.9 Å². The van der Waals surface area contributed by atoms with Crippen molar-refractivity contribution in [3.63, 3.8) is 0 Å². The van der Waals surface area contributed by atoms with Crippen LogP contribution in [-0.2, 0) is 6.18 Å². The van der Waals surface area contributed by atoms with Crippen LogP contribution in [0.25, 0.3) is 11.2 Å². The van der Waals surface area contributed by atoms with Crippen LogP contribution in [-0.4, -0.2) is 20.9 Å². The molecule has 0 aliphatic heterocycles. The van der Waals surface area contributed by atoms with E-state index >= 15 is 0 Å². The predicted molar refractivity (Wildman–Crippen MR) is 103 cm³/mol. The SMILES string of the molecule is O=C(Nc1cccc(Oc2ccnc3[nH]c(=O)[nH]c23)c1)c1ccc(C(F)(F)F)cc1. The molecule has 152 valence electrons. The van der Waals surface area contributed by atoms with Crippen molar-refractivity contribution in [3.8, 4) is 11.5 Å². The second-order valence-electron chi connectivity index (χ2n) is 6.27.